The number of nitrogens with zero attached hydrogens (tertiary/aromatic N) is 5. The second-order valence-electron chi connectivity index (χ2n) is 4.64. The van der Waals surface area contributed by atoms with E-state index in [4.69, 9.17) is 4.42 Å². The highest BCUT2D eigenvalue weighted by molar-refractivity contribution is 8.00. The molecule has 1 aliphatic rings. The Bertz CT molecular complexity index is 729. The van der Waals surface area contributed by atoms with Crippen molar-refractivity contribution in [3.05, 3.63) is 24.2 Å². The van der Waals surface area contributed by atoms with Crippen molar-refractivity contribution < 1.29 is 4.42 Å². The average Bonchev–Trinajstić information content (AvgIpc) is 2.88. The highest BCUT2D eigenvalue weighted by Gasteiger charge is 2.28. The van der Waals surface area contributed by atoms with Crippen LogP contribution < -0.4 is 0 Å². The normalized spacial score (nSPS) is 14.8. The molecule has 0 unspecified atom stereocenters. The Balaban J connectivity index is 1.59. The van der Waals surface area contributed by atoms with Gasteiger partial charge in [0.1, 0.15) is 5.82 Å². The lowest BCUT2D eigenvalue weighted by Gasteiger charge is -1.99. The van der Waals surface area contributed by atoms with Crippen LogP contribution in [0.15, 0.2) is 32.3 Å². The van der Waals surface area contributed by atoms with E-state index in [9.17, 15) is 0 Å². The Labute approximate surface area is 123 Å². The van der Waals surface area contributed by atoms with E-state index in [0.29, 0.717) is 17.5 Å². The summed E-state index contributed by atoms with van der Waals surface area (Å²) >= 11 is 2.92. The maximum atomic E-state index is 5.35. The topological polar surface area (TPSA) is 69.6 Å². The highest BCUT2D eigenvalue weighted by atomic mass is 32.2. The molecule has 0 saturated heterocycles. The van der Waals surface area contributed by atoms with Crippen LogP contribution in [0.25, 0.3) is 11.6 Å². The lowest BCUT2D eigenvalue weighted by Crippen LogP contribution is -1.93. The number of furan rings is 1. The molecule has 4 rings (SSSR count). The maximum absolute atomic E-state index is 5.35. The molecule has 6 nitrogen and oxygen atoms in total. The molecule has 0 radical (unpaired) electrons. The van der Waals surface area contributed by atoms with E-state index in [-0.39, 0.29) is 0 Å². The smallest absolute Gasteiger partial charge is 0.200 e. The minimum atomic E-state index is 0.582. The van der Waals surface area contributed by atoms with E-state index in [1.165, 1.54) is 36.1 Å². The molecular formula is C12H11N5OS2. The van der Waals surface area contributed by atoms with Gasteiger partial charge in [-0.2, -0.15) is 4.37 Å². The predicted octanol–water partition coefficient (Wildman–Crippen LogP) is 2.96. The fourth-order valence-electron chi connectivity index (χ4n) is 1.87. The highest BCUT2D eigenvalue weighted by Crippen LogP contribution is 2.40. The van der Waals surface area contributed by atoms with Crippen LogP contribution in [0.1, 0.15) is 24.6 Å². The van der Waals surface area contributed by atoms with Gasteiger partial charge in [0.15, 0.2) is 21.1 Å². The van der Waals surface area contributed by atoms with E-state index in [1.54, 1.807) is 6.26 Å². The van der Waals surface area contributed by atoms with E-state index >= 15 is 0 Å². The summed E-state index contributed by atoms with van der Waals surface area (Å²) in [6.45, 7) is 0. The monoisotopic (exact) mass is 305 g/mol. The van der Waals surface area contributed by atoms with E-state index in [2.05, 4.69) is 19.6 Å². The van der Waals surface area contributed by atoms with Crippen molar-refractivity contribution >= 4 is 23.3 Å². The van der Waals surface area contributed by atoms with Crippen LogP contribution in [-0.4, -0.2) is 24.1 Å². The molecule has 0 spiro atoms. The molecule has 1 saturated carbocycles. The first-order valence-electron chi connectivity index (χ1n) is 6.26. The van der Waals surface area contributed by atoms with E-state index in [1.807, 2.05) is 23.7 Å². The first-order chi connectivity index (χ1) is 9.81. The minimum Gasteiger partial charge on any atom is -0.461 e. The van der Waals surface area contributed by atoms with E-state index < -0.39 is 0 Å². The summed E-state index contributed by atoms with van der Waals surface area (Å²) in [5, 5.41) is 9.14. The molecule has 0 aliphatic heterocycles. The zero-order chi connectivity index (χ0) is 13.5. The van der Waals surface area contributed by atoms with Gasteiger partial charge in [-0.3, -0.25) is 0 Å². The molecule has 0 bridgehead atoms. The van der Waals surface area contributed by atoms with Crippen molar-refractivity contribution in [3.8, 4) is 11.6 Å². The lowest BCUT2D eigenvalue weighted by atomic mass is 10.4. The third-order valence-corrected chi connectivity index (χ3v) is 4.92. The second kappa shape index (κ2) is 4.71. The molecule has 3 aromatic rings. The van der Waals surface area contributed by atoms with Gasteiger partial charge in [0.05, 0.1) is 6.26 Å². The number of aromatic nitrogens is 5. The summed E-state index contributed by atoms with van der Waals surface area (Å²) in [7, 11) is 1.92. The SMILES string of the molecule is Cn1c(Sc2nc(C3CC3)ns2)nnc1-c1ccco1. The molecule has 0 aromatic carbocycles. The van der Waals surface area contributed by atoms with Crippen molar-refractivity contribution in [1.82, 2.24) is 24.1 Å². The zero-order valence-corrected chi connectivity index (χ0v) is 12.3. The second-order valence-corrected chi connectivity index (χ2v) is 6.60. The summed E-state index contributed by atoms with van der Waals surface area (Å²) < 4.78 is 12.6. The quantitative estimate of drug-likeness (QED) is 0.738. The van der Waals surface area contributed by atoms with Crippen molar-refractivity contribution in [1.29, 1.82) is 0 Å². The Morgan fingerprint density at radius 1 is 1.40 bits per heavy atom. The zero-order valence-electron chi connectivity index (χ0n) is 10.7. The standard InChI is InChI=1S/C12H11N5OS2/c1-17-10(8-3-2-6-18-8)14-15-11(17)19-12-13-9(16-20-12)7-4-5-7/h2-3,6-7H,4-5H2,1H3. The Morgan fingerprint density at radius 2 is 2.30 bits per heavy atom. The van der Waals surface area contributed by atoms with Crippen LogP contribution in [0.3, 0.4) is 0 Å². The molecule has 1 fully saturated rings. The molecule has 0 atom stereocenters. The van der Waals surface area contributed by atoms with Crippen LogP contribution in [0.4, 0.5) is 0 Å². The van der Waals surface area contributed by atoms with Crippen molar-refractivity contribution in [2.24, 2.45) is 7.05 Å². The molecule has 102 valence electrons. The van der Waals surface area contributed by atoms with Crippen LogP contribution in [0.5, 0.6) is 0 Å². The van der Waals surface area contributed by atoms with Crippen molar-refractivity contribution in [2.75, 3.05) is 0 Å². The molecular weight excluding hydrogens is 294 g/mol. The molecule has 3 heterocycles. The third kappa shape index (κ3) is 2.14. The van der Waals surface area contributed by atoms with Crippen molar-refractivity contribution in [2.45, 2.75) is 28.3 Å². The van der Waals surface area contributed by atoms with Crippen LogP contribution in [0.2, 0.25) is 0 Å². The van der Waals surface area contributed by atoms with Gasteiger partial charge >= 0.3 is 0 Å². The van der Waals surface area contributed by atoms with Crippen LogP contribution in [-0.2, 0) is 7.05 Å². The van der Waals surface area contributed by atoms with Crippen LogP contribution in [0, 0.1) is 0 Å². The average molecular weight is 305 g/mol. The molecule has 20 heavy (non-hydrogen) atoms. The van der Waals surface area contributed by atoms with Crippen molar-refractivity contribution in [3.63, 3.8) is 0 Å². The largest absolute Gasteiger partial charge is 0.461 e. The number of rotatable bonds is 4. The minimum absolute atomic E-state index is 0.582. The van der Waals surface area contributed by atoms with Gasteiger partial charge in [-0.1, -0.05) is 0 Å². The molecule has 0 N–H and O–H groups in total. The van der Waals surface area contributed by atoms with Gasteiger partial charge in [0.25, 0.3) is 0 Å². The van der Waals surface area contributed by atoms with Gasteiger partial charge < -0.3 is 8.98 Å². The van der Waals surface area contributed by atoms with Gasteiger partial charge in [-0.15, -0.1) is 10.2 Å². The Morgan fingerprint density at radius 3 is 3.05 bits per heavy atom. The molecule has 1 aliphatic carbocycles. The van der Waals surface area contributed by atoms with Gasteiger partial charge in [0.2, 0.25) is 0 Å². The first kappa shape index (κ1) is 12.1. The fraction of sp³-hybridized carbons (Fsp3) is 0.333. The van der Waals surface area contributed by atoms with Gasteiger partial charge in [-0.05, 0) is 48.3 Å². The summed E-state index contributed by atoms with van der Waals surface area (Å²) in [6, 6.07) is 3.71. The maximum Gasteiger partial charge on any atom is 0.200 e. The number of hydrogen-bond donors (Lipinski definition) is 0. The summed E-state index contributed by atoms with van der Waals surface area (Å²) in [6.07, 6.45) is 4.06. The molecule has 0 amide bonds. The Hall–Kier alpha value is -1.67. The van der Waals surface area contributed by atoms with Crippen LogP contribution >= 0.6 is 23.3 Å². The van der Waals surface area contributed by atoms with Gasteiger partial charge in [-0.25, -0.2) is 4.98 Å². The summed E-state index contributed by atoms with van der Waals surface area (Å²) in [5.74, 6) is 2.98. The molecule has 8 heteroatoms. The fourth-order valence-corrected chi connectivity index (χ4v) is 3.45. The van der Waals surface area contributed by atoms with Gasteiger partial charge in [0, 0.05) is 13.0 Å². The van der Waals surface area contributed by atoms with E-state index in [0.717, 1.165) is 15.3 Å². The lowest BCUT2D eigenvalue weighted by molar-refractivity contribution is 0.572. The summed E-state index contributed by atoms with van der Waals surface area (Å²) in [5.41, 5.74) is 0. The summed E-state index contributed by atoms with van der Waals surface area (Å²) in [4.78, 5) is 4.55. The first-order valence-corrected chi connectivity index (χ1v) is 7.85. The number of hydrogen-bond acceptors (Lipinski definition) is 7. The predicted molar refractivity (Wildman–Crippen MR) is 74.7 cm³/mol. The third-order valence-electron chi connectivity index (χ3n) is 3.12. The molecule has 3 aromatic heterocycles. The Kier molecular flexibility index (Phi) is 2.85.